The highest BCUT2D eigenvalue weighted by Crippen LogP contribution is 2.30. The van der Waals surface area contributed by atoms with Crippen LogP contribution in [0.3, 0.4) is 0 Å². The van der Waals surface area contributed by atoms with Gasteiger partial charge in [-0.1, -0.05) is 12.1 Å². The average molecular weight is 518 g/mol. The Bertz CT molecular complexity index is 1660. The molecule has 1 aromatic carbocycles. The van der Waals surface area contributed by atoms with Gasteiger partial charge in [0.15, 0.2) is 6.61 Å². The summed E-state index contributed by atoms with van der Waals surface area (Å²) in [6.07, 6.45) is -3.59. The zero-order valence-electron chi connectivity index (χ0n) is 23.2. The highest BCUT2D eigenvalue weighted by atomic mass is 19.4. The summed E-state index contributed by atoms with van der Waals surface area (Å²) >= 11 is 0. The van der Waals surface area contributed by atoms with Crippen LogP contribution in [0.15, 0.2) is 42.6 Å². The lowest BCUT2D eigenvalue weighted by Crippen LogP contribution is -2.44. The van der Waals surface area contributed by atoms with Crippen LogP contribution < -0.4 is 10.1 Å². The van der Waals surface area contributed by atoms with E-state index in [0.717, 1.165) is 16.8 Å². The SMILES string of the molecule is [2H]C1([2H])N(CCNC(=O)c2cccc(-c3nnn(C)n3)c2)C(=O)c2cc3c(OCC(F)(F)F)nccc3n2C1([2H])[2H]. The van der Waals surface area contributed by atoms with Gasteiger partial charge in [-0.25, -0.2) is 4.98 Å². The van der Waals surface area contributed by atoms with E-state index in [1.807, 2.05) is 0 Å². The number of nitrogens with one attached hydrogen (secondary N) is 1. The van der Waals surface area contributed by atoms with Crippen LogP contribution in [-0.4, -0.2) is 78.8 Å². The summed E-state index contributed by atoms with van der Waals surface area (Å²) < 4.78 is 77.9. The van der Waals surface area contributed by atoms with Crippen molar-refractivity contribution in [3.8, 4) is 17.3 Å². The number of pyridine rings is 1. The summed E-state index contributed by atoms with van der Waals surface area (Å²) in [5, 5.41) is 14.2. The highest BCUT2D eigenvalue weighted by Gasteiger charge is 2.31. The minimum absolute atomic E-state index is 0.0696. The fraction of sp³-hybridized carbons (Fsp3) is 0.304. The van der Waals surface area contributed by atoms with E-state index < -0.39 is 50.0 Å². The number of ether oxygens (including phenoxy) is 1. The molecule has 4 heterocycles. The number of hydrogen-bond acceptors (Lipinski definition) is 7. The Balaban J connectivity index is 1.37. The first-order valence-corrected chi connectivity index (χ1v) is 10.9. The molecule has 3 aromatic heterocycles. The van der Waals surface area contributed by atoms with Crippen molar-refractivity contribution in [3.63, 3.8) is 0 Å². The smallest absolute Gasteiger partial charge is 0.422 e. The van der Waals surface area contributed by atoms with Crippen molar-refractivity contribution in [3.05, 3.63) is 53.9 Å². The quantitative estimate of drug-likeness (QED) is 0.398. The number of carbonyl (C=O) groups excluding carboxylic acids is 2. The zero-order valence-corrected chi connectivity index (χ0v) is 19.2. The van der Waals surface area contributed by atoms with E-state index in [9.17, 15) is 22.8 Å². The molecular formula is C23H21F3N8O3. The number of tetrazole rings is 1. The van der Waals surface area contributed by atoms with Crippen LogP contribution in [-0.2, 0) is 13.5 Å². The zero-order chi connectivity index (χ0) is 29.7. The van der Waals surface area contributed by atoms with Crippen LogP contribution in [0.1, 0.15) is 26.3 Å². The van der Waals surface area contributed by atoms with Crippen molar-refractivity contribution in [2.75, 3.05) is 26.2 Å². The highest BCUT2D eigenvalue weighted by molar-refractivity contribution is 6.00. The number of halogens is 3. The number of hydrogen-bond donors (Lipinski definition) is 1. The fourth-order valence-electron chi connectivity index (χ4n) is 3.69. The van der Waals surface area contributed by atoms with Gasteiger partial charge in [-0.05, 0) is 29.5 Å². The van der Waals surface area contributed by atoms with Crippen molar-refractivity contribution in [2.24, 2.45) is 7.05 Å². The van der Waals surface area contributed by atoms with Crippen LogP contribution in [0.2, 0.25) is 0 Å². The van der Waals surface area contributed by atoms with Gasteiger partial charge in [0.1, 0.15) is 5.69 Å². The van der Waals surface area contributed by atoms with Gasteiger partial charge in [0.05, 0.1) is 23.4 Å². The number of amides is 2. The molecule has 0 aliphatic carbocycles. The van der Waals surface area contributed by atoms with Crippen LogP contribution in [0.25, 0.3) is 22.3 Å². The van der Waals surface area contributed by atoms with Gasteiger partial charge in [-0.2, -0.15) is 18.0 Å². The number of carbonyl (C=O) groups is 2. The number of benzene rings is 1. The van der Waals surface area contributed by atoms with E-state index in [0.29, 0.717) is 16.3 Å². The number of nitrogens with zero attached hydrogens (tertiary/aromatic N) is 7. The van der Waals surface area contributed by atoms with E-state index in [1.54, 1.807) is 19.2 Å². The lowest BCUT2D eigenvalue weighted by Gasteiger charge is -2.28. The van der Waals surface area contributed by atoms with E-state index in [4.69, 9.17) is 10.2 Å². The molecule has 0 radical (unpaired) electrons. The Morgan fingerprint density at radius 3 is 2.84 bits per heavy atom. The number of alkyl halides is 3. The molecule has 4 aromatic rings. The molecule has 2 amide bonds. The van der Waals surface area contributed by atoms with E-state index in [1.165, 1.54) is 23.0 Å². The summed E-state index contributed by atoms with van der Waals surface area (Å²) in [4.78, 5) is 31.8. The molecule has 0 saturated carbocycles. The van der Waals surface area contributed by atoms with Crippen molar-refractivity contribution in [2.45, 2.75) is 12.7 Å². The van der Waals surface area contributed by atoms with Crippen molar-refractivity contribution < 1.29 is 33.0 Å². The van der Waals surface area contributed by atoms with Gasteiger partial charge in [0, 0.05) is 43.4 Å². The minimum Gasteiger partial charge on any atom is -0.468 e. The van der Waals surface area contributed by atoms with Crippen LogP contribution >= 0.6 is 0 Å². The molecule has 14 heteroatoms. The van der Waals surface area contributed by atoms with Gasteiger partial charge in [0.25, 0.3) is 11.8 Å². The molecule has 5 rings (SSSR count). The third-order valence-corrected chi connectivity index (χ3v) is 5.34. The molecule has 1 aliphatic rings. The summed E-state index contributed by atoms with van der Waals surface area (Å²) in [7, 11) is 1.59. The third-order valence-electron chi connectivity index (χ3n) is 5.34. The Hall–Kier alpha value is -4.49. The maximum atomic E-state index is 13.4. The Kier molecular flexibility index (Phi) is 5.06. The molecule has 0 spiro atoms. The second-order valence-corrected chi connectivity index (χ2v) is 7.94. The largest absolute Gasteiger partial charge is 0.468 e. The monoisotopic (exact) mass is 518 g/mol. The normalized spacial score (nSPS) is 17.9. The van der Waals surface area contributed by atoms with Gasteiger partial charge in [-0.3, -0.25) is 9.59 Å². The van der Waals surface area contributed by atoms with Crippen molar-refractivity contribution in [1.82, 2.24) is 40.0 Å². The summed E-state index contributed by atoms with van der Waals surface area (Å²) in [5.41, 5.74) is 0.375. The number of fused-ring (bicyclic) bond motifs is 3. The van der Waals surface area contributed by atoms with Gasteiger partial charge in [-0.15, -0.1) is 10.2 Å². The van der Waals surface area contributed by atoms with Crippen LogP contribution in [0.4, 0.5) is 13.2 Å². The average Bonchev–Trinajstić information content (AvgIpc) is 3.53. The molecule has 0 atom stereocenters. The van der Waals surface area contributed by atoms with Gasteiger partial charge in [0.2, 0.25) is 11.7 Å². The molecular weight excluding hydrogens is 493 g/mol. The van der Waals surface area contributed by atoms with Crippen LogP contribution in [0.5, 0.6) is 5.88 Å². The third kappa shape index (κ3) is 5.08. The molecule has 11 nitrogen and oxygen atoms in total. The number of rotatable bonds is 7. The molecule has 37 heavy (non-hydrogen) atoms. The maximum absolute atomic E-state index is 13.4. The van der Waals surface area contributed by atoms with E-state index in [-0.39, 0.29) is 28.7 Å². The molecule has 0 fully saturated rings. The Labute approximate surface area is 213 Å². The van der Waals surface area contributed by atoms with Crippen molar-refractivity contribution in [1.29, 1.82) is 0 Å². The first-order chi connectivity index (χ1) is 19.2. The standard InChI is InChI=1S/C23H21F3N8O3/c1-32-30-19(29-31-32)14-3-2-4-15(11-14)20(35)27-7-8-33-9-10-34-17-5-6-28-21(37-13-23(24,25)26)16(17)12-18(34)22(33)36/h2-6,11-12H,7-10,13H2,1H3,(H,27,35)/i9D2,10D2. The first-order valence-electron chi connectivity index (χ1n) is 12.9. The van der Waals surface area contributed by atoms with Crippen LogP contribution in [0, 0.1) is 0 Å². The summed E-state index contributed by atoms with van der Waals surface area (Å²) in [5.74, 6) is -1.67. The number of aromatic nitrogens is 6. The predicted octanol–water partition coefficient (Wildman–Crippen LogP) is 2.05. The molecule has 0 saturated heterocycles. The lowest BCUT2D eigenvalue weighted by atomic mass is 10.1. The van der Waals surface area contributed by atoms with Gasteiger partial charge < -0.3 is 19.5 Å². The molecule has 1 aliphatic heterocycles. The summed E-state index contributed by atoms with van der Waals surface area (Å²) in [6, 6.07) is 8.72. The number of aryl methyl sites for hydroxylation is 2. The second kappa shape index (κ2) is 9.52. The Morgan fingerprint density at radius 1 is 1.24 bits per heavy atom. The molecule has 0 bridgehead atoms. The minimum atomic E-state index is -4.67. The molecule has 0 unspecified atom stereocenters. The topological polar surface area (TPSA) is 120 Å². The van der Waals surface area contributed by atoms with E-state index >= 15 is 0 Å². The fourth-order valence-corrected chi connectivity index (χ4v) is 3.69. The molecule has 192 valence electrons. The first kappa shape index (κ1) is 19.7. The molecule has 1 N–H and O–H groups in total. The summed E-state index contributed by atoms with van der Waals surface area (Å²) in [6.45, 7) is -8.09. The second-order valence-electron chi connectivity index (χ2n) is 7.94. The van der Waals surface area contributed by atoms with Crippen molar-refractivity contribution >= 4 is 22.7 Å². The van der Waals surface area contributed by atoms with Gasteiger partial charge >= 0.3 is 6.18 Å². The lowest BCUT2D eigenvalue weighted by molar-refractivity contribution is -0.153. The van der Waals surface area contributed by atoms with E-state index in [2.05, 4.69) is 25.7 Å². The predicted molar refractivity (Wildman–Crippen MR) is 124 cm³/mol. The Morgan fingerprint density at radius 2 is 2.08 bits per heavy atom. The maximum Gasteiger partial charge on any atom is 0.422 e.